The molecule has 3 rings (SSSR count). The van der Waals surface area contributed by atoms with Gasteiger partial charge in [-0.15, -0.1) is 0 Å². The van der Waals surface area contributed by atoms with Crippen LogP contribution in [0.15, 0.2) is 0 Å². The highest BCUT2D eigenvalue weighted by Gasteiger charge is 2.65. The van der Waals surface area contributed by atoms with E-state index in [0.717, 1.165) is 0 Å². The molecule has 2 aliphatic carbocycles. The third-order valence-corrected chi connectivity index (χ3v) is 5.65. The van der Waals surface area contributed by atoms with Crippen LogP contribution in [0.2, 0.25) is 0 Å². The molecule has 3 aliphatic rings. The highest BCUT2D eigenvalue weighted by atomic mass is 16.7. The maximum Gasteiger partial charge on any atom is 0.316 e. The minimum absolute atomic E-state index is 0.0835. The molecule has 1 spiro atoms. The van der Waals surface area contributed by atoms with E-state index in [4.69, 9.17) is 18.9 Å². The number of hydrogen-bond acceptors (Lipinski definition) is 7. The van der Waals surface area contributed by atoms with E-state index in [1.165, 1.54) is 0 Å². The number of hydrogen-bond donors (Lipinski definition) is 0. The summed E-state index contributed by atoms with van der Waals surface area (Å²) in [6.07, 6.45) is 0.831. The van der Waals surface area contributed by atoms with Crippen molar-refractivity contribution in [1.82, 2.24) is 0 Å². The molecule has 4 unspecified atom stereocenters. The monoisotopic (exact) mass is 368 g/mol. The van der Waals surface area contributed by atoms with Gasteiger partial charge in [-0.05, 0) is 25.7 Å². The Hall–Kier alpha value is -1.47. The number of ketones is 1. The van der Waals surface area contributed by atoms with Gasteiger partial charge in [-0.25, -0.2) is 0 Å². The van der Waals surface area contributed by atoms with E-state index in [-0.39, 0.29) is 36.2 Å². The normalized spacial score (nSPS) is 34.5. The summed E-state index contributed by atoms with van der Waals surface area (Å²) in [7, 11) is 0. The molecular weight excluding hydrogens is 340 g/mol. The summed E-state index contributed by atoms with van der Waals surface area (Å²) in [5.74, 6) is -4.88. The van der Waals surface area contributed by atoms with Gasteiger partial charge in [0, 0.05) is 18.3 Å². The van der Waals surface area contributed by atoms with Gasteiger partial charge in [-0.1, -0.05) is 13.8 Å². The SMILES string of the molecule is CCOC(=O)C1C(=O)C(C(=O)OCC)C2CC3(CC12)OCC(C)(C)CO3. The molecule has 7 heteroatoms. The lowest BCUT2D eigenvalue weighted by Gasteiger charge is -2.42. The van der Waals surface area contributed by atoms with E-state index in [0.29, 0.717) is 26.1 Å². The molecule has 4 atom stereocenters. The van der Waals surface area contributed by atoms with Crippen molar-refractivity contribution in [2.75, 3.05) is 26.4 Å². The van der Waals surface area contributed by atoms with Crippen LogP contribution in [-0.2, 0) is 33.3 Å². The Morgan fingerprint density at radius 3 is 1.77 bits per heavy atom. The fraction of sp³-hybridized carbons (Fsp3) is 0.842. The molecule has 0 N–H and O–H groups in total. The average molecular weight is 368 g/mol. The molecule has 26 heavy (non-hydrogen) atoms. The molecule has 146 valence electrons. The van der Waals surface area contributed by atoms with Gasteiger partial charge < -0.3 is 18.9 Å². The Bertz CT molecular complexity index is 549. The lowest BCUT2D eigenvalue weighted by Crippen LogP contribution is -2.47. The van der Waals surface area contributed by atoms with Crippen LogP contribution >= 0.6 is 0 Å². The van der Waals surface area contributed by atoms with Gasteiger partial charge in [-0.3, -0.25) is 14.4 Å². The lowest BCUT2D eigenvalue weighted by molar-refractivity contribution is -0.297. The highest BCUT2D eigenvalue weighted by Crippen LogP contribution is 2.56. The largest absolute Gasteiger partial charge is 0.465 e. The molecule has 0 aromatic heterocycles. The van der Waals surface area contributed by atoms with Crippen molar-refractivity contribution >= 4 is 17.7 Å². The molecule has 0 bridgehead atoms. The number of rotatable bonds is 4. The Kier molecular flexibility index (Phi) is 5.14. The lowest BCUT2D eigenvalue weighted by atomic mass is 9.90. The van der Waals surface area contributed by atoms with Crippen molar-refractivity contribution in [1.29, 1.82) is 0 Å². The van der Waals surface area contributed by atoms with Gasteiger partial charge in [0.05, 0.1) is 26.4 Å². The zero-order valence-electron chi connectivity index (χ0n) is 15.9. The van der Waals surface area contributed by atoms with Gasteiger partial charge in [-0.2, -0.15) is 0 Å². The second-order valence-corrected chi connectivity index (χ2v) is 8.25. The first-order chi connectivity index (χ1) is 12.2. The van der Waals surface area contributed by atoms with Crippen LogP contribution < -0.4 is 0 Å². The number of esters is 2. The van der Waals surface area contributed by atoms with Gasteiger partial charge in [0.2, 0.25) is 0 Å². The van der Waals surface area contributed by atoms with Gasteiger partial charge in [0.15, 0.2) is 11.6 Å². The van der Waals surface area contributed by atoms with Crippen LogP contribution in [0.3, 0.4) is 0 Å². The summed E-state index contributed by atoms with van der Waals surface area (Å²) in [5, 5.41) is 0. The summed E-state index contributed by atoms with van der Waals surface area (Å²) in [6, 6.07) is 0. The fourth-order valence-electron chi connectivity index (χ4n) is 4.47. The van der Waals surface area contributed by atoms with Gasteiger partial charge in [0.25, 0.3) is 0 Å². The predicted octanol–water partition coefficient (Wildman–Crippen LogP) is 1.72. The van der Waals surface area contributed by atoms with Crippen molar-refractivity contribution in [3.05, 3.63) is 0 Å². The third kappa shape index (κ3) is 3.27. The van der Waals surface area contributed by atoms with Crippen molar-refractivity contribution in [3.8, 4) is 0 Å². The van der Waals surface area contributed by atoms with Crippen LogP contribution in [0.25, 0.3) is 0 Å². The number of ether oxygens (including phenoxy) is 4. The second-order valence-electron chi connectivity index (χ2n) is 8.25. The third-order valence-electron chi connectivity index (χ3n) is 5.65. The van der Waals surface area contributed by atoms with Crippen LogP contribution in [0, 0.1) is 29.1 Å². The van der Waals surface area contributed by atoms with Crippen molar-refractivity contribution in [2.45, 2.75) is 46.3 Å². The smallest absolute Gasteiger partial charge is 0.316 e. The minimum atomic E-state index is -0.948. The fourth-order valence-corrected chi connectivity index (χ4v) is 4.47. The number of Topliss-reactive ketones (excluding diaryl/α,β-unsaturated/α-hetero) is 1. The van der Waals surface area contributed by atoms with Crippen LogP contribution in [0.4, 0.5) is 0 Å². The Labute approximate surface area is 153 Å². The molecular formula is C19H28O7. The average Bonchev–Trinajstić information content (AvgIpc) is 3.03. The molecule has 0 aromatic carbocycles. The summed E-state index contributed by atoms with van der Waals surface area (Å²) in [4.78, 5) is 37.7. The summed E-state index contributed by atoms with van der Waals surface area (Å²) in [6.45, 7) is 8.96. The zero-order valence-corrected chi connectivity index (χ0v) is 15.9. The van der Waals surface area contributed by atoms with Gasteiger partial charge in [0.1, 0.15) is 11.8 Å². The maximum atomic E-state index is 12.8. The van der Waals surface area contributed by atoms with Crippen molar-refractivity contribution in [2.24, 2.45) is 29.1 Å². The highest BCUT2D eigenvalue weighted by molar-refractivity contribution is 6.10. The first-order valence-electron chi connectivity index (χ1n) is 9.38. The molecule has 1 heterocycles. The molecule has 7 nitrogen and oxygen atoms in total. The molecule has 1 saturated heterocycles. The van der Waals surface area contributed by atoms with E-state index in [2.05, 4.69) is 13.8 Å². The number of carbonyl (C=O) groups excluding carboxylic acids is 3. The second kappa shape index (κ2) is 6.93. The van der Waals surface area contributed by atoms with E-state index >= 15 is 0 Å². The predicted molar refractivity (Wildman–Crippen MR) is 89.9 cm³/mol. The molecule has 0 amide bonds. The van der Waals surface area contributed by atoms with Crippen molar-refractivity contribution in [3.63, 3.8) is 0 Å². The van der Waals surface area contributed by atoms with E-state index < -0.39 is 29.6 Å². The Morgan fingerprint density at radius 1 is 0.962 bits per heavy atom. The molecule has 0 radical (unpaired) electrons. The first-order valence-corrected chi connectivity index (χ1v) is 9.38. The van der Waals surface area contributed by atoms with E-state index in [1.807, 2.05) is 0 Å². The topological polar surface area (TPSA) is 88.1 Å². The summed E-state index contributed by atoms with van der Waals surface area (Å²) in [5.41, 5.74) is -0.0835. The molecule has 2 saturated carbocycles. The van der Waals surface area contributed by atoms with Crippen LogP contribution in [0.1, 0.15) is 40.5 Å². The number of carbonyl (C=O) groups is 3. The van der Waals surface area contributed by atoms with E-state index in [1.54, 1.807) is 13.8 Å². The van der Waals surface area contributed by atoms with Crippen LogP contribution in [-0.4, -0.2) is 49.9 Å². The van der Waals surface area contributed by atoms with Gasteiger partial charge >= 0.3 is 11.9 Å². The molecule has 0 aromatic rings. The van der Waals surface area contributed by atoms with Crippen molar-refractivity contribution < 1.29 is 33.3 Å². The maximum absolute atomic E-state index is 12.8. The zero-order chi connectivity index (χ0) is 19.1. The summed E-state index contributed by atoms with van der Waals surface area (Å²) >= 11 is 0. The molecule has 1 aliphatic heterocycles. The minimum Gasteiger partial charge on any atom is -0.465 e. The quantitative estimate of drug-likeness (QED) is 0.551. The first kappa shape index (κ1) is 19.3. The Balaban J connectivity index is 1.86. The standard InChI is InChI=1S/C19H28O7/c1-5-23-16(21)13-11-7-19(25-9-18(3,4)10-26-19)8-12(11)14(15(13)20)17(22)24-6-2/h11-14H,5-10H2,1-4H3. The van der Waals surface area contributed by atoms with Crippen LogP contribution in [0.5, 0.6) is 0 Å². The van der Waals surface area contributed by atoms with E-state index in [9.17, 15) is 14.4 Å². The molecule has 3 fully saturated rings. The number of fused-ring (bicyclic) bond motifs is 1. The summed E-state index contributed by atoms with van der Waals surface area (Å²) < 4.78 is 22.3. The Morgan fingerprint density at radius 2 is 1.38 bits per heavy atom.